The van der Waals surface area contributed by atoms with E-state index < -0.39 is 24.3 Å². The van der Waals surface area contributed by atoms with Crippen molar-refractivity contribution >= 4 is 51.8 Å². The summed E-state index contributed by atoms with van der Waals surface area (Å²) in [6.07, 6.45) is 5.15. The second kappa shape index (κ2) is 18.0. The number of carbonyl (C=O) groups is 4. The maximum absolute atomic E-state index is 13.9. The molecule has 65 heavy (non-hydrogen) atoms. The number of benzene rings is 2. The molecule has 346 valence electrons. The number of hydrogen-bond donors (Lipinski definition) is 4. The summed E-state index contributed by atoms with van der Waals surface area (Å²) in [6.45, 7) is 15.2. The molecule has 0 aliphatic carbocycles. The fraction of sp³-hybridized carbons (Fsp3) is 0.531. The van der Waals surface area contributed by atoms with Gasteiger partial charge in [0, 0.05) is 31.2 Å². The van der Waals surface area contributed by atoms with E-state index in [0.29, 0.717) is 18.9 Å². The number of aromatic nitrogens is 5. The van der Waals surface area contributed by atoms with E-state index in [1.54, 1.807) is 4.90 Å². The van der Waals surface area contributed by atoms with Crippen molar-refractivity contribution in [2.45, 2.75) is 129 Å². The van der Waals surface area contributed by atoms with Gasteiger partial charge in [0.2, 0.25) is 11.8 Å². The zero-order chi connectivity index (χ0) is 46.5. The van der Waals surface area contributed by atoms with Gasteiger partial charge in [0.1, 0.15) is 23.7 Å². The minimum absolute atomic E-state index is 0.0138. The lowest BCUT2D eigenvalue weighted by Crippen LogP contribution is -2.51. The number of imidazole rings is 2. The molecular formula is C49H64N10O6. The van der Waals surface area contributed by atoms with Gasteiger partial charge in [0.05, 0.1) is 65.2 Å². The quantitative estimate of drug-likeness (QED) is 0.0999. The summed E-state index contributed by atoms with van der Waals surface area (Å²) in [7, 11) is 2.76. The highest BCUT2D eigenvalue weighted by atomic mass is 16.5. The first kappa shape index (κ1) is 45.4. The van der Waals surface area contributed by atoms with Crippen LogP contribution in [0.5, 0.6) is 0 Å². The van der Waals surface area contributed by atoms with Gasteiger partial charge in [-0.25, -0.2) is 19.6 Å². The lowest BCUT2D eigenvalue weighted by molar-refractivity contribution is -0.138. The lowest BCUT2D eigenvalue weighted by Gasteiger charge is -2.33. The van der Waals surface area contributed by atoms with Crippen LogP contribution in [-0.2, 0) is 19.7 Å². The molecule has 16 nitrogen and oxygen atoms in total. The molecule has 3 saturated heterocycles. The summed E-state index contributed by atoms with van der Waals surface area (Å²) in [4.78, 5) is 81.3. The minimum Gasteiger partial charge on any atom is -0.465 e. The van der Waals surface area contributed by atoms with Crippen molar-refractivity contribution in [2.75, 3.05) is 32.1 Å². The summed E-state index contributed by atoms with van der Waals surface area (Å²) < 4.78 is 4.83. The predicted octanol–water partition coefficient (Wildman–Crippen LogP) is 8.56. The first-order valence-electron chi connectivity index (χ1n) is 23.1. The Labute approximate surface area is 380 Å². The number of methoxy groups -OCH3 is 1. The number of nitrogens with one attached hydrogen (secondary N) is 3. The molecule has 4 amide bonds. The van der Waals surface area contributed by atoms with Gasteiger partial charge < -0.3 is 39.8 Å². The number of H-pyrrole nitrogens is 2. The van der Waals surface area contributed by atoms with E-state index in [4.69, 9.17) is 19.7 Å². The number of anilines is 1. The third-order valence-corrected chi connectivity index (χ3v) is 13.7. The Bertz CT molecular complexity index is 2560. The molecule has 2 aromatic carbocycles. The Balaban J connectivity index is 1.09. The van der Waals surface area contributed by atoms with Crippen LogP contribution in [0, 0.1) is 11.8 Å². The monoisotopic (exact) mass is 889 g/mol. The summed E-state index contributed by atoms with van der Waals surface area (Å²) in [5.74, 6) is 0.780. The van der Waals surface area contributed by atoms with Crippen LogP contribution in [0.4, 0.5) is 15.3 Å². The Morgan fingerprint density at radius 1 is 0.769 bits per heavy atom. The van der Waals surface area contributed by atoms with Gasteiger partial charge in [-0.3, -0.25) is 19.5 Å². The van der Waals surface area contributed by atoms with E-state index in [9.17, 15) is 24.3 Å². The third-order valence-electron chi connectivity index (χ3n) is 13.7. The van der Waals surface area contributed by atoms with Crippen LogP contribution in [0.15, 0.2) is 54.7 Å². The van der Waals surface area contributed by atoms with Crippen molar-refractivity contribution in [3.05, 3.63) is 83.2 Å². The van der Waals surface area contributed by atoms with Gasteiger partial charge in [-0.05, 0) is 97.9 Å². The number of nitrogens with zero attached hydrogens (tertiary/aromatic N) is 7. The van der Waals surface area contributed by atoms with Gasteiger partial charge >= 0.3 is 12.2 Å². The van der Waals surface area contributed by atoms with Crippen LogP contribution in [0.2, 0.25) is 0 Å². The van der Waals surface area contributed by atoms with Gasteiger partial charge in [-0.2, -0.15) is 0 Å². The Hall–Kier alpha value is -6.19. The zero-order valence-electron chi connectivity index (χ0n) is 39.1. The normalized spacial score (nSPS) is 21.2. The molecule has 6 heterocycles. The second-order valence-corrected chi connectivity index (χ2v) is 19.8. The zero-order valence-corrected chi connectivity index (χ0v) is 39.1. The Morgan fingerprint density at radius 2 is 1.31 bits per heavy atom. The number of likely N-dealkylation sites (N-methyl/N-ethyl adjacent to an activating group) is 1. The second-order valence-electron chi connectivity index (χ2n) is 19.8. The Morgan fingerprint density at radius 3 is 1.75 bits per heavy atom. The average Bonchev–Trinajstić information content (AvgIpc) is 4.12. The molecule has 3 aliphatic rings. The molecule has 3 aliphatic heterocycles. The molecule has 0 bridgehead atoms. The molecule has 6 atom stereocenters. The van der Waals surface area contributed by atoms with Crippen molar-refractivity contribution in [1.82, 2.24) is 44.9 Å². The number of amides is 4. The molecule has 4 N–H and O–H groups in total. The molecule has 0 unspecified atom stereocenters. The van der Waals surface area contributed by atoms with Crippen molar-refractivity contribution in [1.29, 1.82) is 0 Å². The summed E-state index contributed by atoms with van der Waals surface area (Å²) in [5, 5.41) is 12.5. The number of fused-ring (bicyclic) bond motifs is 2. The largest absolute Gasteiger partial charge is 0.465 e. The number of carboxylic acid groups (broad SMARTS) is 1. The number of carbonyl (C=O) groups excluding carboxylic acids is 3. The van der Waals surface area contributed by atoms with Gasteiger partial charge in [0.15, 0.2) is 0 Å². The third kappa shape index (κ3) is 8.83. The number of alkyl carbamates (subject to hydrolysis) is 1. The van der Waals surface area contributed by atoms with E-state index in [1.807, 2.05) is 38.8 Å². The van der Waals surface area contributed by atoms with E-state index in [2.05, 4.69) is 89.5 Å². The van der Waals surface area contributed by atoms with Crippen molar-refractivity contribution < 1.29 is 29.0 Å². The summed E-state index contributed by atoms with van der Waals surface area (Å²) in [6, 6.07) is 15.1. The van der Waals surface area contributed by atoms with Gasteiger partial charge in [-0.1, -0.05) is 60.6 Å². The summed E-state index contributed by atoms with van der Waals surface area (Å²) >= 11 is 0. The molecule has 0 saturated carbocycles. The standard InChI is InChI=1S/C49H64N10O6/c1-27(2)41(55-47(62)65-9)45(60)57-22-10-12-38(57)43-51-32-17-14-29(24-34(32)53-43)36-19-20-37(59(36)31-16-21-40(50-26-31)49(5,6)7)30-15-18-33-35(25-30)54-44(52-33)39-13-11-23-58(39)46(61)42(28(3)4)56(8)48(63)64/h14-18,21,24-28,36-39,41-42H,10-13,19-20,22-23H2,1-9H3,(H,51,53)(H,52,54)(H,55,62)(H,63,64)/t36-,37-,38+,39+,41+,42+/m1/s1. The smallest absolute Gasteiger partial charge is 0.407 e. The molecule has 0 spiro atoms. The fourth-order valence-electron chi connectivity index (χ4n) is 10.3. The van der Waals surface area contributed by atoms with Crippen molar-refractivity contribution in [2.24, 2.45) is 11.8 Å². The number of rotatable bonds is 11. The van der Waals surface area contributed by atoms with E-state index in [1.165, 1.54) is 14.2 Å². The van der Waals surface area contributed by atoms with Crippen LogP contribution >= 0.6 is 0 Å². The van der Waals surface area contributed by atoms with Gasteiger partial charge in [0.25, 0.3) is 0 Å². The van der Waals surface area contributed by atoms with Crippen LogP contribution in [0.1, 0.15) is 140 Å². The predicted molar refractivity (Wildman–Crippen MR) is 248 cm³/mol. The SMILES string of the molecule is COC(=O)N[C@H](C(=O)N1CCC[C@H]1c1nc2ccc([C@H]3CC[C@H](c4ccc5nc([C@@H]6CCCN6C(=O)[C@H](C(C)C)N(C)C(=O)O)[nH]c5c4)N3c3ccc(C(C)(C)C)nc3)cc2[nH]1)C(C)C. The molecule has 3 aromatic heterocycles. The number of likely N-dealkylation sites (tertiary alicyclic amines) is 2. The number of pyridine rings is 1. The highest BCUT2D eigenvalue weighted by molar-refractivity contribution is 5.87. The average molecular weight is 889 g/mol. The number of aromatic amines is 2. The maximum atomic E-state index is 13.9. The van der Waals surface area contributed by atoms with Crippen LogP contribution in [0.3, 0.4) is 0 Å². The summed E-state index contributed by atoms with van der Waals surface area (Å²) in [5.41, 5.74) is 7.62. The van der Waals surface area contributed by atoms with Crippen molar-refractivity contribution in [3.8, 4) is 0 Å². The molecule has 0 radical (unpaired) electrons. The molecule has 3 fully saturated rings. The van der Waals surface area contributed by atoms with Crippen LogP contribution < -0.4 is 10.2 Å². The van der Waals surface area contributed by atoms with Crippen LogP contribution in [0.25, 0.3) is 22.1 Å². The highest BCUT2D eigenvalue weighted by Gasteiger charge is 2.41. The van der Waals surface area contributed by atoms with E-state index in [-0.39, 0.29) is 53.2 Å². The molecule has 5 aromatic rings. The van der Waals surface area contributed by atoms with Crippen molar-refractivity contribution in [3.63, 3.8) is 0 Å². The van der Waals surface area contributed by atoms with Gasteiger partial charge in [-0.15, -0.1) is 0 Å². The maximum Gasteiger partial charge on any atom is 0.407 e. The number of hydrogen-bond acceptors (Lipinski definition) is 9. The van der Waals surface area contributed by atoms with Crippen LogP contribution in [-0.4, -0.2) is 108 Å². The Kier molecular flexibility index (Phi) is 12.6. The highest BCUT2D eigenvalue weighted by Crippen LogP contribution is 2.48. The molecular weight excluding hydrogens is 825 g/mol. The fourth-order valence-corrected chi connectivity index (χ4v) is 10.3. The first-order chi connectivity index (χ1) is 30.9. The van der Waals surface area contributed by atoms with E-state index >= 15 is 0 Å². The molecule has 16 heteroatoms. The topological polar surface area (TPSA) is 193 Å². The number of ether oxygens (including phenoxy) is 1. The minimum atomic E-state index is -1.13. The van der Waals surface area contributed by atoms with E-state index in [0.717, 1.165) is 93.8 Å². The first-order valence-corrected chi connectivity index (χ1v) is 23.1. The lowest BCUT2D eigenvalue weighted by atomic mass is 9.91. The molecule has 8 rings (SSSR count).